The zero-order valence-electron chi connectivity index (χ0n) is 5.50. The van der Waals surface area contributed by atoms with Gasteiger partial charge < -0.3 is 5.73 Å². The van der Waals surface area contributed by atoms with Crippen LogP contribution in [-0.2, 0) is 9.59 Å². The summed E-state index contributed by atoms with van der Waals surface area (Å²) in [5.41, 5.74) is 4.23. The average molecular weight is 156 g/mol. The standard InChI is InChI=1S/C6H5FN2O2/c7-4-2-1-3(10)5(9-4)6(8)11/h2H,1H2,(H2,8,11). The summed E-state index contributed by atoms with van der Waals surface area (Å²) >= 11 is 0. The number of allylic oxidation sites excluding steroid dienone is 1. The highest BCUT2D eigenvalue weighted by Gasteiger charge is 2.20. The number of amides is 1. The van der Waals surface area contributed by atoms with Gasteiger partial charge in [0.05, 0.1) is 0 Å². The normalized spacial score (nSPS) is 17.4. The molecule has 0 spiro atoms. The van der Waals surface area contributed by atoms with E-state index < -0.39 is 23.4 Å². The predicted octanol–water partition coefficient (Wildman–Crippen LogP) is -0.304. The minimum atomic E-state index is -0.988. The van der Waals surface area contributed by atoms with Crippen LogP contribution in [0, 0.1) is 0 Å². The molecule has 0 aliphatic carbocycles. The van der Waals surface area contributed by atoms with E-state index in [1.54, 1.807) is 0 Å². The molecule has 0 atom stereocenters. The van der Waals surface area contributed by atoms with Gasteiger partial charge in [-0.15, -0.1) is 0 Å². The van der Waals surface area contributed by atoms with E-state index >= 15 is 0 Å². The molecule has 4 nitrogen and oxygen atoms in total. The van der Waals surface area contributed by atoms with Gasteiger partial charge in [-0.05, 0) is 6.08 Å². The largest absolute Gasteiger partial charge is 0.364 e. The zero-order valence-corrected chi connectivity index (χ0v) is 5.50. The third-order valence-corrected chi connectivity index (χ3v) is 1.17. The minimum absolute atomic E-state index is 0.145. The molecule has 0 aromatic carbocycles. The monoisotopic (exact) mass is 156 g/mol. The van der Waals surface area contributed by atoms with Crippen molar-refractivity contribution in [2.24, 2.45) is 10.7 Å². The number of ketones is 1. The van der Waals surface area contributed by atoms with Crippen molar-refractivity contribution in [1.29, 1.82) is 0 Å². The lowest BCUT2D eigenvalue weighted by atomic mass is 10.1. The predicted molar refractivity (Wildman–Crippen MR) is 35.4 cm³/mol. The van der Waals surface area contributed by atoms with Crippen LogP contribution in [0.25, 0.3) is 0 Å². The zero-order chi connectivity index (χ0) is 8.43. The third kappa shape index (κ3) is 1.49. The molecule has 0 bridgehead atoms. The second-order valence-corrected chi connectivity index (χ2v) is 1.98. The molecule has 0 radical (unpaired) electrons. The lowest BCUT2D eigenvalue weighted by Gasteiger charge is -2.02. The highest BCUT2D eigenvalue weighted by Crippen LogP contribution is 2.08. The Morgan fingerprint density at radius 1 is 1.73 bits per heavy atom. The lowest BCUT2D eigenvalue weighted by molar-refractivity contribution is -0.116. The van der Waals surface area contributed by atoms with E-state index in [1.165, 1.54) is 0 Å². The van der Waals surface area contributed by atoms with Crippen LogP contribution in [0.2, 0.25) is 0 Å². The number of halogens is 1. The van der Waals surface area contributed by atoms with Crippen molar-refractivity contribution in [3.8, 4) is 0 Å². The van der Waals surface area contributed by atoms with Gasteiger partial charge in [0.25, 0.3) is 5.91 Å². The number of hydrogen-bond acceptors (Lipinski definition) is 3. The van der Waals surface area contributed by atoms with Crippen LogP contribution >= 0.6 is 0 Å². The second-order valence-electron chi connectivity index (χ2n) is 1.98. The second kappa shape index (κ2) is 2.61. The number of carbonyl (C=O) groups is 2. The maximum Gasteiger partial charge on any atom is 0.271 e. The molecular formula is C6H5FN2O2. The van der Waals surface area contributed by atoms with Crippen LogP contribution in [0.1, 0.15) is 6.42 Å². The Labute approximate surface area is 61.6 Å². The molecule has 2 N–H and O–H groups in total. The summed E-state index contributed by atoms with van der Waals surface area (Å²) in [6.45, 7) is 0. The van der Waals surface area contributed by atoms with Gasteiger partial charge in [0.2, 0.25) is 5.95 Å². The average Bonchev–Trinajstić information content (AvgIpc) is 1.94. The Hall–Kier alpha value is -1.52. The van der Waals surface area contributed by atoms with Crippen LogP contribution in [-0.4, -0.2) is 17.4 Å². The van der Waals surface area contributed by atoms with Gasteiger partial charge in [0.1, 0.15) is 0 Å². The summed E-state index contributed by atoms with van der Waals surface area (Å²) in [4.78, 5) is 24.2. The van der Waals surface area contributed by atoms with Crippen LogP contribution < -0.4 is 5.73 Å². The number of rotatable bonds is 1. The fourth-order valence-corrected chi connectivity index (χ4v) is 0.681. The summed E-state index contributed by atoms with van der Waals surface area (Å²) < 4.78 is 12.3. The molecule has 0 saturated heterocycles. The highest BCUT2D eigenvalue weighted by atomic mass is 19.1. The summed E-state index contributed by atoms with van der Waals surface area (Å²) in [6, 6.07) is 0. The van der Waals surface area contributed by atoms with Gasteiger partial charge in [0.15, 0.2) is 11.5 Å². The summed E-state index contributed by atoms with van der Waals surface area (Å²) in [5.74, 6) is -2.37. The van der Waals surface area contributed by atoms with Gasteiger partial charge >= 0.3 is 0 Å². The van der Waals surface area contributed by atoms with E-state index in [0.717, 1.165) is 6.08 Å². The minimum Gasteiger partial charge on any atom is -0.364 e. The molecular weight excluding hydrogens is 151 g/mol. The first kappa shape index (κ1) is 7.59. The maximum atomic E-state index is 12.3. The van der Waals surface area contributed by atoms with Gasteiger partial charge in [-0.2, -0.15) is 4.39 Å². The summed E-state index contributed by atoms with van der Waals surface area (Å²) in [7, 11) is 0. The van der Waals surface area contributed by atoms with Crippen molar-refractivity contribution >= 4 is 17.4 Å². The van der Waals surface area contributed by atoms with E-state index in [1.807, 2.05) is 0 Å². The van der Waals surface area contributed by atoms with Gasteiger partial charge in [-0.1, -0.05) is 0 Å². The number of Topliss-reactive ketones (excluding diaryl/α,β-unsaturated/α-hetero) is 1. The van der Waals surface area contributed by atoms with E-state index in [0.29, 0.717) is 0 Å². The van der Waals surface area contributed by atoms with Crippen molar-refractivity contribution in [3.63, 3.8) is 0 Å². The molecule has 1 aliphatic rings. The molecule has 0 aromatic rings. The number of nitrogens with zero attached hydrogens (tertiary/aromatic N) is 1. The highest BCUT2D eigenvalue weighted by molar-refractivity contribution is 6.65. The molecule has 1 amide bonds. The molecule has 0 fully saturated rings. The SMILES string of the molecule is NC(=O)C1=NC(F)=CCC1=O. The van der Waals surface area contributed by atoms with Crippen molar-refractivity contribution < 1.29 is 14.0 Å². The number of hydrogen-bond donors (Lipinski definition) is 1. The third-order valence-electron chi connectivity index (χ3n) is 1.17. The topological polar surface area (TPSA) is 72.5 Å². The Morgan fingerprint density at radius 2 is 2.36 bits per heavy atom. The van der Waals surface area contributed by atoms with Crippen LogP contribution in [0.15, 0.2) is 17.0 Å². The number of carbonyl (C=O) groups excluding carboxylic acids is 2. The Kier molecular flexibility index (Phi) is 1.80. The van der Waals surface area contributed by atoms with E-state index in [2.05, 4.69) is 4.99 Å². The van der Waals surface area contributed by atoms with Crippen molar-refractivity contribution in [1.82, 2.24) is 0 Å². The molecule has 1 heterocycles. The van der Waals surface area contributed by atoms with Gasteiger partial charge in [0, 0.05) is 6.42 Å². The molecule has 11 heavy (non-hydrogen) atoms. The molecule has 0 aromatic heterocycles. The Bertz CT molecular complexity index is 280. The quantitative estimate of drug-likeness (QED) is 0.529. The van der Waals surface area contributed by atoms with Crippen LogP contribution in [0.3, 0.4) is 0 Å². The fourth-order valence-electron chi connectivity index (χ4n) is 0.681. The molecule has 58 valence electrons. The van der Waals surface area contributed by atoms with Crippen molar-refractivity contribution in [2.45, 2.75) is 6.42 Å². The molecule has 0 unspecified atom stereocenters. The van der Waals surface area contributed by atoms with Crippen LogP contribution in [0.5, 0.6) is 0 Å². The van der Waals surface area contributed by atoms with E-state index in [4.69, 9.17) is 5.73 Å². The van der Waals surface area contributed by atoms with Crippen molar-refractivity contribution in [2.75, 3.05) is 0 Å². The lowest BCUT2D eigenvalue weighted by Crippen LogP contribution is -2.31. The van der Waals surface area contributed by atoms with Crippen LogP contribution in [0.4, 0.5) is 4.39 Å². The van der Waals surface area contributed by atoms with E-state index in [-0.39, 0.29) is 6.42 Å². The Morgan fingerprint density at radius 3 is 2.82 bits per heavy atom. The molecule has 1 aliphatic heterocycles. The summed E-state index contributed by atoms with van der Waals surface area (Å²) in [6.07, 6.45) is 0.850. The Balaban J connectivity index is 2.99. The first-order valence-corrected chi connectivity index (χ1v) is 2.88. The van der Waals surface area contributed by atoms with Crippen molar-refractivity contribution in [3.05, 3.63) is 12.0 Å². The maximum absolute atomic E-state index is 12.3. The van der Waals surface area contributed by atoms with Gasteiger partial charge in [-0.3, -0.25) is 9.59 Å². The fraction of sp³-hybridized carbons (Fsp3) is 0.167. The number of nitrogens with two attached hydrogens (primary N) is 1. The number of primary amides is 1. The molecule has 0 saturated carbocycles. The smallest absolute Gasteiger partial charge is 0.271 e. The first-order valence-electron chi connectivity index (χ1n) is 2.88. The molecule has 5 heteroatoms. The van der Waals surface area contributed by atoms with E-state index in [9.17, 15) is 14.0 Å². The first-order chi connectivity index (χ1) is 5.11. The number of aliphatic imine (C=N–C) groups is 1. The van der Waals surface area contributed by atoms with Gasteiger partial charge in [-0.25, -0.2) is 4.99 Å². The summed E-state index contributed by atoms with van der Waals surface area (Å²) in [5, 5.41) is 0. The molecule has 1 rings (SSSR count).